The van der Waals surface area contributed by atoms with Gasteiger partial charge in [-0.15, -0.1) is 18.0 Å². The number of aliphatic carboxylic acids is 2. The third-order valence-corrected chi connectivity index (χ3v) is 13.9. The van der Waals surface area contributed by atoms with Crippen LogP contribution in [0.15, 0.2) is 205 Å². The molecule has 0 bridgehead atoms. The van der Waals surface area contributed by atoms with Gasteiger partial charge in [0.15, 0.2) is 11.6 Å². The quantitative estimate of drug-likeness (QED) is 0.0433. The Morgan fingerprint density at radius 1 is 0.623 bits per heavy atom. The molecule has 2 unspecified atom stereocenters. The predicted molar refractivity (Wildman–Crippen MR) is 297 cm³/mol. The first-order valence-electron chi connectivity index (χ1n) is 25.9. The molecule has 5 atom stereocenters. The summed E-state index contributed by atoms with van der Waals surface area (Å²) in [5, 5.41) is 29.1. The summed E-state index contributed by atoms with van der Waals surface area (Å²) in [6, 6.07) is 52.5. The number of carboxylic acid groups (broad SMARTS) is 2. The van der Waals surface area contributed by atoms with Gasteiger partial charge < -0.3 is 30.4 Å². The molecule has 2 N–H and O–H groups in total. The van der Waals surface area contributed by atoms with Crippen LogP contribution in [0.2, 0.25) is 0 Å². The van der Waals surface area contributed by atoms with Crippen molar-refractivity contribution < 1.29 is 62.4 Å². The van der Waals surface area contributed by atoms with Crippen molar-refractivity contribution in [2.75, 3.05) is 13.1 Å². The van der Waals surface area contributed by atoms with Gasteiger partial charge in [-0.05, 0) is 80.3 Å². The summed E-state index contributed by atoms with van der Waals surface area (Å²) in [6.45, 7) is 8.91. The van der Waals surface area contributed by atoms with Gasteiger partial charge in [-0.25, -0.2) is 9.59 Å². The molecule has 2 heterocycles. The van der Waals surface area contributed by atoms with Crippen LogP contribution in [0.1, 0.15) is 85.3 Å². The number of carboxylic acids is 2. The Labute approximate surface area is 472 Å². The number of carbonyl (C=O) groups excluding carboxylic acids is 2. The van der Waals surface area contributed by atoms with Gasteiger partial charge in [-0.2, -0.15) is 0 Å². The van der Waals surface area contributed by atoms with Crippen molar-refractivity contribution in [2.24, 2.45) is 15.9 Å². The summed E-state index contributed by atoms with van der Waals surface area (Å²) < 4.78 is 0. The van der Waals surface area contributed by atoms with Crippen molar-refractivity contribution in [1.82, 2.24) is 9.80 Å². The van der Waals surface area contributed by atoms with Gasteiger partial charge >= 0.3 is 11.9 Å². The average molecular weight is 1120 g/mol. The molecule has 2 saturated heterocycles. The van der Waals surface area contributed by atoms with Crippen LogP contribution in [0.4, 0.5) is 11.4 Å². The summed E-state index contributed by atoms with van der Waals surface area (Å²) in [7, 11) is 0. The molecule has 0 aromatic heterocycles. The number of allylic oxidation sites excluding steroid dienone is 1. The van der Waals surface area contributed by atoms with E-state index in [1.165, 1.54) is 11.1 Å². The van der Waals surface area contributed by atoms with E-state index in [-0.39, 0.29) is 69.2 Å². The maximum absolute atomic E-state index is 13.5. The second-order valence-electron chi connectivity index (χ2n) is 19.1. The van der Waals surface area contributed by atoms with Gasteiger partial charge in [0.05, 0.1) is 35.3 Å². The Bertz CT molecular complexity index is 3010. The predicted octanol–water partition coefficient (Wildman–Crippen LogP) is 12.3. The van der Waals surface area contributed by atoms with E-state index in [4.69, 9.17) is 9.98 Å². The monoisotopic (exact) mass is 1120 g/mol. The molecule has 1 saturated carbocycles. The van der Waals surface area contributed by atoms with Crippen LogP contribution in [0.3, 0.4) is 0 Å². The summed E-state index contributed by atoms with van der Waals surface area (Å²) in [4.78, 5) is 65.2. The maximum Gasteiger partial charge on any atom is 0.332 e. The molecule has 6 aromatic carbocycles. The summed E-state index contributed by atoms with van der Waals surface area (Å²) >= 11 is 0. The Hall–Kier alpha value is -7.07. The van der Waals surface area contributed by atoms with E-state index in [0.717, 1.165) is 56.3 Å². The molecule has 1 aliphatic carbocycles. The summed E-state index contributed by atoms with van der Waals surface area (Å²) in [6.07, 6.45) is 10.4. The third-order valence-electron chi connectivity index (χ3n) is 13.9. The zero-order valence-corrected chi connectivity index (χ0v) is 45.0. The van der Waals surface area contributed by atoms with E-state index in [1.807, 2.05) is 153 Å². The molecule has 2 amide bonds. The number of rotatable bonds is 20. The van der Waals surface area contributed by atoms with E-state index in [1.54, 1.807) is 18.2 Å². The molecule has 77 heavy (non-hydrogen) atoms. The Balaban J connectivity index is 0.000000243. The van der Waals surface area contributed by atoms with Gasteiger partial charge in [-0.3, -0.25) is 19.8 Å². The Morgan fingerprint density at radius 3 is 1.48 bits per heavy atom. The number of likely N-dealkylation sites (tertiary alicyclic amines) is 2. The number of amides is 2. The largest absolute Gasteiger partial charge is 0.625 e. The number of carbonyl (C=O) groups is 4. The van der Waals surface area contributed by atoms with Crippen molar-refractivity contribution in [3.8, 4) is 0 Å². The molecule has 2 aliphatic heterocycles. The molecule has 9 rings (SSSR count). The molecule has 3 aliphatic rings. The second-order valence-corrected chi connectivity index (χ2v) is 19.1. The number of benzene rings is 6. The topological polar surface area (TPSA) is 168 Å². The van der Waals surface area contributed by atoms with E-state index < -0.39 is 23.5 Å². The molecule has 6 aromatic rings. The molecule has 404 valence electrons. The van der Waals surface area contributed by atoms with Gasteiger partial charge in [0.2, 0.25) is 0 Å². The van der Waals surface area contributed by atoms with Gasteiger partial charge in [-0.1, -0.05) is 195 Å². The fraction of sp³-hybridized carbons (Fsp3) is 0.270. The van der Waals surface area contributed by atoms with E-state index >= 15 is 0 Å². The van der Waals surface area contributed by atoms with Gasteiger partial charge in [0.25, 0.3) is 0 Å². The molecule has 14 heteroatoms. The van der Waals surface area contributed by atoms with Gasteiger partial charge in [0.1, 0.15) is 0 Å². The van der Waals surface area contributed by atoms with Crippen LogP contribution in [-0.2, 0) is 65.3 Å². The summed E-state index contributed by atoms with van der Waals surface area (Å²) in [5.41, 5.74) is 5.97. The first-order valence-corrected chi connectivity index (χ1v) is 25.9. The number of para-hydroxylation sites is 2. The third kappa shape index (κ3) is 15.3. The van der Waals surface area contributed by atoms with E-state index in [0.29, 0.717) is 53.4 Å². The fourth-order valence-electron chi connectivity index (χ4n) is 9.86. The Kier molecular flexibility index (Phi) is 22.2. The van der Waals surface area contributed by atoms with Crippen LogP contribution in [-0.4, -0.2) is 91.9 Å². The van der Waals surface area contributed by atoms with Crippen LogP contribution in [0.25, 0.3) is 10.6 Å². The standard InChI is InChI=1S/C32H35N3O3.C31H31N3O3.2Ni/c1-2-3-6-20-28(32(37)38)33-30(25-16-9-5-10-17-25)26-18-11-12-19-27(26)34-31(36)29-21-13-22-35(29)23-24-14-7-4-8-15-24;1-2-24-20-31(24,30(36)37)33-28(23-14-7-4-8-15-23)25-16-9-10-17-26(25)32-29(35)27-18-11-19-34(27)21-22-12-5-3-6-13-22;;/h3-12,14-19,28-29H,2,13,20-23H2,1H3,(H2,33,34,36,37,38);2-10,12-17,24,27H,1,11,18-21H2,(H2,32,33,35,36,37);;/p-2/b6-3+;;;/t28-,29?;24-,27?,31-;;/m11../s1. The maximum atomic E-state index is 13.5. The molecule has 0 spiro atoms. The van der Waals surface area contributed by atoms with Crippen molar-refractivity contribution in [3.05, 3.63) is 239 Å². The van der Waals surface area contributed by atoms with Crippen molar-refractivity contribution >= 4 is 46.6 Å². The minimum absolute atomic E-state index is 0. The van der Waals surface area contributed by atoms with Crippen molar-refractivity contribution in [1.29, 1.82) is 0 Å². The van der Waals surface area contributed by atoms with Crippen molar-refractivity contribution in [2.45, 2.75) is 88.6 Å². The van der Waals surface area contributed by atoms with Crippen molar-refractivity contribution in [3.63, 3.8) is 0 Å². The first kappa shape index (κ1) is 59.2. The molecular weight excluding hydrogens is 1050 g/mol. The molecular formula is C63H64N6Ni2O6-2. The second kappa shape index (κ2) is 28.9. The van der Waals surface area contributed by atoms with E-state index in [2.05, 4.69) is 51.3 Å². The minimum Gasteiger partial charge on any atom is -0.625 e. The van der Waals surface area contributed by atoms with E-state index in [9.17, 15) is 29.4 Å². The first-order chi connectivity index (χ1) is 36.6. The number of hydrogen-bond acceptors (Lipinski definition) is 8. The molecule has 0 radical (unpaired) electrons. The van der Waals surface area contributed by atoms with Crippen LogP contribution in [0, 0.1) is 5.92 Å². The molecule has 12 nitrogen and oxygen atoms in total. The van der Waals surface area contributed by atoms with Crippen LogP contribution >= 0.6 is 0 Å². The zero-order valence-electron chi connectivity index (χ0n) is 43.0. The summed E-state index contributed by atoms with van der Waals surface area (Å²) in [5.74, 6) is -2.57. The van der Waals surface area contributed by atoms with Crippen LogP contribution < -0.4 is 0 Å². The number of nitrogens with zero attached hydrogens (tertiary/aromatic N) is 6. The normalized spacial score (nSPS) is 19.6. The zero-order chi connectivity index (χ0) is 52.6. The smallest absolute Gasteiger partial charge is 0.332 e. The fourth-order valence-corrected chi connectivity index (χ4v) is 9.86. The SMILES string of the molecule is C=C[C@@H]1C[C@]1(N=C(c1ccccc1)c1ccccc1[N-]C(=O)C1CCCN1Cc1ccccc1)C(=O)O.CC/C=C/C[C@@H](N=C(c1ccccc1)c1ccccc1[N-]C(=O)C1CCCN1Cc1ccccc1)C(=O)O.[Ni].[Ni]. The Morgan fingerprint density at radius 2 is 1.05 bits per heavy atom. The average Bonchev–Trinajstić information content (AvgIpc) is 3.90. The van der Waals surface area contributed by atoms with Crippen LogP contribution in [0.5, 0.6) is 0 Å². The number of hydrogen-bond donors (Lipinski definition) is 2. The minimum atomic E-state index is -1.25. The van der Waals surface area contributed by atoms with Gasteiger partial charge in [0, 0.05) is 63.1 Å². The molecule has 3 fully saturated rings. The number of aliphatic imine (C=N–C) groups is 2.